The molecule has 4 aromatic carbocycles. The molecule has 0 heterocycles. The van der Waals surface area contributed by atoms with Crippen LogP contribution in [0.25, 0.3) is 11.1 Å². The monoisotopic (exact) mass is 534 g/mol. The lowest BCUT2D eigenvalue weighted by Crippen LogP contribution is -2.16. The highest BCUT2D eigenvalue weighted by Gasteiger charge is 2.28. The minimum atomic E-state index is -3.80. The van der Waals surface area contributed by atoms with E-state index in [1.165, 1.54) is 34.4 Å². The summed E-state index contributed by atoms with van der Waals surface area (Å²) >= 11 is 7.68. The van der Waals surface area contributed by atoms with Gasteiger partial charge in [-0.2, -0.15) is 0 Å². The summed E-state index contributed by atoms with van der Waals surface area (Å²) in [6, 6.07) is 27.7. The van der Waals surface area contributed by atoms with Crippen molar-refractivity contribution >= 4 is 50.7 Å². The molecule has 1 amide bonds. The van der Waals surface area contributed by atoms with Crippen LogP contribution in [0.4, 0.5) is 11.4 Å². The zero-order chi connectivity index (χ0) is 25.3. The molecule has 0 spiro atoms. The molecule has 0 unspecified atom stereocenters. The van der Waals surface area contributed by atoms with Gasteiger partial charge in [0.15, 0.2) is 0 Å². The van der Waals surface area contributed by atoms with Gasteiger partial charge in [0.1, 0.15) is 0 Å². The molecular formula is C28H23ClN2O3S2. The van der Waals surface area contributed by atoms with E-state index in [-0.39, 0.29) is 21.8 Å². The lowest BCUT2D eigenvalue weighted by Gasteiger charge is -2.14. The topological polar surface area (TPSA) is 75.3 Å². The first-order valence-electron chi connectivity index (χ1n) is 11.3. The molecule has 182 valence electrons. The first-order valence-corrected chi connectivity index (χ1v) is 14.2. The van der Waals surface area contributed by atoms with Crippen molar-refractivity contribution < 1.29 is 13.2 Å². The number of rotatable bonds is 7. The van der Waals surface area contributed by atoms with Crippen molar-refractivity contribution in [1.29, 1.82) is 0 Å². The van der Waals surface area contributed by atoms with Crippen molar-refractivity contribution in [2.24, 2.45) is 0 Å². The molecule has 5 rings (SSSR count). The molecule has 0 bridgehead atoms. The highest BCUT2D eigenvalue weighted by atomic mass is 35.5. The summed E-state index contributed by atoms with van der Waals surface area (Å²) < 4.78 is 28.2. The molecule has 5 nitrogen and oxygen atoms in total. The van der Waals surface area contributed by atoms with Gasteiger partial charge in [0.25, 0.3) is 10.0 Å². The number of anilines is 2. The van der Waals surface area contributed by atoms with Crippen molar-refractivity contribution in [2.75, 3.05) is 15.8 Å². The van der Waals surface area contributed by atoms with Crippen molar-refractivity contribution in [1.82, 2.24) is 0 Å². The quantitative estimate of drug-likeness (QED) is 0.271. The second-order valence-corrected chi connectivity index (χ2v) is 11.6. The lowest BCUT2D eigenvalue weighted by atomic mass is 10.1. The number of sulfonamides is 1. The molecule has 2 N–H and O–H groups in total. The van der Waals surface area contributed by atoms with E-state index < -0.39 is 10.0 Å². The van der Waals surface area contributed by atoms with Crippen LogP contribution >= 0.6 is 23.4 Å². The van der Waals surface area contributed by atoms with Crippen LogP contribution in [0.2, 0.25) is 5.02 Å². The van der Waals surface area contributed by atoms with Crippen LogP contribution in [0.1, 0.15) is 21.9 Å². The Hall–Kier alpha value is -3.26. The molecule has 0 fully saturated rings. The molecule has 4 aromatic rings. The van der Waals surface area contributed by atoms with E-state index in [0.29, 0.717) is 22.0 Å². The van der Waals surface area contributed by atoms with Crippen molar-refractivity contribution in [2.45, 2.75) is 17.1 Å². The Bertz CT molecular complexity index is 1510. The number of fused-ring (bicyclic) bond motifs is 3. The van der Waals surface area contributed by atoms with Gasteiger partial charge in [-0.1, -0.05) is 66.2 Å². The summed E-state index contributed by atoms with van der Waals surface area (Å²) in [5.74, 6) is 0.119. The molecule has 36 heavy (non-hydrogen) atoms. The normalized spacial score (nSPS) is 12.6. The van der Waals surface area contributed by atoms with E-state index in [2.05, 4.69) is 34.3 Å². The summed E-state index contributed by atoms with van der Waals surface area (Å²) in [7, 11) is -3.80. The van der Waals surface area contributed by atoms with Crippen molar-refractivity contribution in [3.63, 3.8) is 0 Å². The summed E-state index contributed by atoms with van der Waals surface area (Å²) in [5.41, 5.74) is 6.46. The third-order valence-electron chi connectivity index (χ3n) is 6.12. The molecule has 1 aliphatic carbocycles. The third kappa shape index (κ3) is 4.87. The summed E-state index contributed by atoms with van der Waals surface area (Å²) in [6.45, 7) is 1.75. The van der Waals surface area contributed by atoms with Crippen LogP contribution in [0.3, 0.4) is 0 Å². The Morgan fingerprint density at radius 1 is 0.861 bits per heavy atom. The minimum absolute atomic E-state index is 0.0911. The van der Waals surface area contributed by atoms with E-state index in [1.54, 1.807) is 49.0 Å². The van der Waals surface area contributed by atoms with Gasteiger partial charge >= 0.3 is 0 Å². The van der Waals surface area contributed by atoms with Gasteiger partial charge in [0.2, 0.25) is 5.91 Å². The number of carbonyl (C=O) groups excluding carboxylic acids is 1. The number of hydrogen-bond donors (Lipinski definition) is 2. The number of hydrogen-bond acceptors (Lipinski definition) is 4. The predicted molar refractivity (Wildman–Crippen MR) is 148 cm³/mol. The van der Waals surface area contributed by atoms with Crippen LogP contribution in [0.5, 0.6) is 0 Å². The third-order valence-corrected chi connectivity index (χ3v) is 9.18. The molecule has 8 heteroatoms. The van der Waals surface area contributed by atoms with E-state index in [1.807, 2.05) is 24.3 Å². The number of amides is 1. The van der Waals surface area contributed by atoms with Gasteiger partial charge in [0.05, 0.1) is 21.6 Å². The standard InChI is InChI=1S/C28H23ClN2O3S2/c1-18-25(29)11-6-12-26(18)31-36(33,34)20-15-13-19(14-16-20)30-27(32)17-35-28-23-9-4-2-7-21(23)22-8-3-5-10-24(22)28/h2-16,28,31H,17H2,1H3,(H,30,32). The summed E-state index contributed by atoms with van der Waals surface area (Å²) in [6.07, 6.45) is 0. The molecule has 0 atom stereocenters. The van der Waals surface area contributed by atoms with E-state index in [9.17, 15) is 13.2 Å². The number of nitrogens with one attached hydrogen (secondary N) is 2. The van der Waals surface area contributed by atoms with Gasteiger partial charge in [-0.05, 0) is 71.1 Å². The van der Waals surface area contributed by atoms with Crippen LogP contribution in [0, 0.1) is 6.92 Å². The average Bonchev–Trinajstić information content (AvgIpc) is 3.19. The summed E-state index contributed by atoms with van der Waals surface area (Å²) in [4.78, 5) is 12.8. The molecule has 0 aromatic heterocycles. The Kier molecular flexibility index (Phi) is 6.79. The first kappa shape index (κ1) is 24.4. The first-order chi connectivity index (χ1) is 17.3. The van der Waals surface area contributed by atoms with E-state index in [4.69, 9.17) is 11.6 Å². The SMILES string of the molecule is Cc1c(Cl)cccc1NS(=O)(=O)c1ccc(NC(=O)CSC2c3ccccc3-c3ccccc32)cc1. The maximum absolute atomic E-state index is 12.8. The molecule has 0 aliphatic heterocycles. The van der Waals surface area contributed by atoms with Gasteiger partial charge in [-0.3, -0.25) is 9.52 Å². The average molecular weight is 535 g/mol. The maximum atomic E-state index is 12.8. The fourth-order valence-corrected chi connectivity index (χ4v) is 6.74. The predicted octanol–water partition coefficient (Wildman–Crippen LogP) is 6.89. The molecule has 0 saturated heterocycles. The van der Waals surface area contributed by atoms with Crippen LogP contribution in [0.15, 0.2) is 95.9 Å². The number of thioether (sulfide) groups is 1. The number of benzene rings is 4. The largest absolute Gasteiger partial charge is 0.325 e. The zero-order valence-corrected chi connectivity index (χ0v) is 21.8. The Labute approximate surface area is 220 Å². The molecule has 0 saturated carbocycles. The van der Waals surface area contributed by atoms with E-state index in [0.717, 1.165) is 0 Å². The fourth-order valence-electron chi connectivity index (χ4n) is 4.28. The summed E-state index contributed by atoms with van der Waals surface area (Å²) in [5, 5.41) is 3.44. The fraction of sp³-hybridized carbons (Fsp3) is 0.107. The molecule has 0 radical (unpaired) electrons. The van der Waals surface area contributed by atoms with Crippen molar-refractivity contribution in [3.05, 3.63) is 113 Å². The lowest BCUT2D eigenvalue weighted by molar-refractivity contribution is -0.113. The van der Waals surface area contributed by atoms with Gasteiger partial charge < -0.3 is 5.32 Å². The van der Waals surface area contributed by atoms with Crippen LogP contribution in [-0.4, -0.2) is 20.1 Å². The van der Waals surface area contributed by atoms with Crippen LogP contribution < -0.4 is 10.0 Å². The minimum Gasteiger partial charge on any atom is -0.325 e. The highest BCUT2D eigenvalue weighted by molar-refractivity contribution is 8.00. The Balaban J connectivity index is 1.23. The Morgan fingerprint density at radius 2 is 1.47 bits per heavy atom. The second-order valence-electron chi connectivity index (χ2n) is 8.46. The van der Waals surface area contributed by atoms with Gasteiger partial charge in [-0.15, -0.1) is 11.8 Å². The number of carbonyl (C=O) groups is 1. The van der Waals surface area contributed by atoms with Gasteiger partial charge in [-0.25, -0.2) is 8.42 Å². The van der Waals surface area contributed by atoms with Crippen molar-refractivity contribution in [3.8, 4) is 11.1 Å². The zero-order valence-electron chi connectivity index (χ0n) is 19.4. The molecular weight excluding hydrogens is 512 g/mol. The Morgan fingerprint density at radius 3 is 2.11 bits per heavy atom. The van der Waals surface area contributed by atoms with Crippen LogP contribution in [-0.2, 0) is 14.8 Å². The van der Waals surface area contributed by atoms with Gasteiger partial charge in [0, 0.05) is 10.7 Å². The van der Waals surface area contributed by atoms with E-state index >= 15 is 0 Å². The second kappa shape index (κ2) is 10.0. The molecule has 1 aliphatic rings. The number of halogens is 1. The maximum Gasteiger partial charge on any atom is 0.261 e. The smallest absolute Gasteiger partial charge is 0.261 e. The highest BCUT2D eigenvalue weighted by Crippen LogP contribution is 2.49.